The van der Waals surface area contributed by atoms with Crippen molar-refractivity contribution in [2.24, 2.45) is 0 Å². The summed E-state index contributed by atoms with van der Waals surface area (Å²) in [5, 5.41) is 21.7. The molecular formula is C12H20BNO2. The molecule has 0 saturated carbocycles. The first-order valence-corrected chi connectivity index (χ1v) is 5.38. The lowest BCUT2D eigenvalue weighted by molar-refractivity contribution is 0.419. The Kier molecular flexibility index (Phi) is 8.53. The Bertz CT molecular complexity index is 283. The zero-order valence-electron chi connectivity index (χ0n) is 9.82. The molecule has 0 aromatic rings. The highest BCUT2D eigenvalue weighted by atomic mass is 16.4. The van der Waals surface area contributed by atoms with Crippen LogP contribution in [0.5, 0.6) is 0 Å². The second-order valence-electron chi connectivity index (χ2n) is 3.34. The Morgan fingerprint density at radius 3 is 2.31 bits per heavy atom. The first kappa shape index (κ1) is 14.9. The van der Waals surface area contributed by atoms with Crippen LogP contribution < -0.4 is 5.32 Å². The van der Waals surface area contributed by atoms with Crippen LogP contribution in [0.1, 0.15) is 13.3 Å². The van der Waals surface area contributed by atoms with Gasteiger partial charge in [-0.05, 0) is 24.0 Å². The van der Waals surface area contributed by atoms with Crippen molar-refractivity contribution in [1.82, 2.24) is 5.32 Å². The van der Waals surface area contributed by atoms with Crippen molar-refractivity contribution in [2.45, 2.75) is 13.3 Å². The van der Waals surface area contributed by atoms with Gasteiger partial charge in [0.25, 0.3) is 0 Å². The fourth-order valence-electron chi connectivity index (χ4n) is 1.29. The fourth-order valence-corrected chi connectivity index (χ4v) is 1.29. The molecule has 0 aliphatic heterocycles. The number of hydrogen-bond donors (Lipinski definition) is 3. The quantitative estimate of drug-likeness (QED) is 0.328. The molecule has 0 fully saturated rings. The van der Waals surface area contributed by atoms with E-state index in [0.717, 1.165) is 18.5 Å². The lowest BCUT2D eigenvalue weighted by atomic mass is 9.74. The summed E-state index contributed by atoms with van der Waals surface area (Å²) >= 11 is 0. The molecule has 16 heavy (non-hydrogen) atoms. The van der Waals surface area contributed by atoms with Crippen molar-refractivity contribution in [3.63, 3.8) is 0 Å². The molecule has 3 nitrogen and oxygen atoms in total. The predicted molar refractivity (Wildman–Crippen MR) is 69.9 cm³/mol. The average molecular weight is 221 g/mol. The molecule has 0 radical (unpaired) electrons. The minimum Gasteiger partial charge on any atom is -0.423 e. The highest BCUT2D eigenvalue weighted by Gasteiger charge is 2.17. The maximum absolute atomic E-state index is 9.23. The van der Waals surface area contributed by atoms with Crippen LogP contribution in [0.4, 0.5) is 0 Å². The molecule has 0 heterocycles. The Balaban J connectivity index is 4.73. The molecule has 3 N–H and O–H groups in total. The van der Waals surface area contributed by atoms with Gasteiger partial charge in [0.1, 0.15) is 0 Å². The van der Waals surface area contributed by atoms with Crippen molar-refractivity contribution < 1.29 is 10.0 Å². The molecule has 4 heteroatoms. The second-order valence-corrected chi connectivity index (χ2v) is 3.34. The third kappa shape index (κ3) is 5.71. The van der Waals surface area contributed by atoms with Gasteiger partial charge in [0.15, 0.2) is 0 Å². The Morgan fingerprint density at radius 2 is 1.88 bits per heavy atom. The van der Waals surface area contributed by atoms with Gasteiger partial charge in [-0.2, -0.15) is 0 Å². The molecule has 0 aliphatic rings. The van der Waals surface area contributed by atoms with Gasteiger partial charge in [0.2, 0.25) is 0 Å². The smallest absolute Gasteiger partial charge is 0.423 e. The molecule has 0 aromatic carbocycles. The van der Waals surface area contributed by atoms with Crippen molar-refractivity contribution in [3.05, 3.63) is 48.5 Å². The summed E-state index contributed by atoms with van der Waals surface area (Å²) < 4.78 is 0. The zero-order chi connectivity index (χ0) is 12.4. The molecule has 0 rings (SSSR count). The molecule has 88 valence electrons. The first-order chi connectivity index (χ1) is 7.67. The van der Waals surface area contributed by atoms with Crippen LogP contribution in [0.3, 0.4) is 0 Å². The van der Waals surface area contributed by atoms with Crippen LogP contribution in [0.2, 0.25) is 0 Å². The second kappa shape index (κ2) is 9.15. The van der Waals surface area contributed by atoms with E-state index < -0.39 is 7.12 Å². The number of rotatable bonds is 8. The summed E-state index contributed by atoms with van der Waals surface area (Å²) in [5.41, 5.74) is 1.25. The van der Waals surface area contributed by atoms with Gasteiger partial charge in [0.05, 0.1) is 0 Å². The minimum atomic E-state index is -1.49. The Hall–Kier alpha value is -1.10. The summed E-state index contributed by atoms with van der Waals surface area (Å²) in [6, 6.07) is 0. The van der Waals surface area contributed by atoms with Gasteiger partial charge in [-0.15, -0.1) is 0 Å². The molecule has 0 bridgehead atoms. The fraction of sp³-hybridized carbons (Fsp3) is 0.333. The van der Waals surface area contributed by atoms with E-state index in [1.165, 1.54) is 6.08 Å². The molecule has 0 aromatic heterocycles. The van der Waals surface area contributed by atoms with E-state index in [-0.39, 0.29) is 0 Å². The maximum atomic E-state index is 9.23. The molecule has 0 aliphatic carbocycles. The molecular weight excluding hydrogens is 201 g/mol. The van der Waals surface area contributed by atoms with Crippen LogP contribution in [0, 0.1) is 0 Å². The normalized spacial score (nSPS) is 12.4. The van der Waals surface area contributed by atoms with Crippen LogP contribution in [0.25, 0.3) is 0 Å². The molecule has 0 unspecified atom stereocenters. The van der Waals surface area contributed by atoms with E-state index in [2.05, 4.69) is 25.4 Å². The van der Waals surface area contributed by atoms with Crippen LogP contribution in [0.15, 0.2) is 48.5 Å². The standard InChI is InChI=1S/C12H20BNO2/c1-4-7-11(10-14-9-6-3)12(8-5-2)13(15)16/h4-5,7-8,14-16H,1-2,6,9-10H2,3H3/b11-7-,12-8+. The van der Waals surface area contributed by atoms with E-state index in [9.17, 15) is 10.0 Å². The van der Waals surface area contributed by atoms with Crippen molar-refractivity contribution in [3.8, 4) is 0 Å². The van der Waals surface area contributed by atoms with Crippen molar-refractivity contribution in [1.29, 1.82) is 0 Å². The van der Waals surface area contributed by atoms with E-state index in [0.29, 0.717) is 12.0 Å². The number of allylic oxidation sites excluding steroid dienone is 4. The van der Waals surface area contributed by atoms with E-state index >= 15 is 0 Å². The van der Waals surface area contributed by atoms with Crippen molar-refractivity contribution in [2.75, 3.05) is 13.1 Å². The number of nitrogens with one attached hydrogen (secondary N) is 1. The van der Waals surface area contributed by atoms with E-state index in [4.69, 9.17) is 0 Å². The average Bonchev–Trinajstić information content (AvgIpc) is 2.25. The summed E-state index contributed by atoms with van der Waals surface area (Å²) in [6.45, 7) is 10.7. The lowest BCUT2D eigenvalue weighted by Crippen LogP contribution is -2.24. The minimum absolute atomic E-state index is 0.443. The van der Waals surface area contributed by atoms with Gasteiger partial charge in [-0.25, -0.2) is 0 Å². The van der Waals surface area contributed by atoms with E-state index in [1.54, 1.807) is 18.2 Å². The van der Waals surface area contributed by atoms with Crippen LogP contribution in [-0.4, -0.2) is 30.3 Å². The summed E-state index contributed by atoms with van der Waals surface area (Å²) in [7, 11) is -1.49. The van der Waals surface area contributed by atoms with Crippen LogP contribution in [-0.2, 0) is 0 Å². The molecule has 0 amide bonds. The van der Waals surface area contributed by atoms with E-state index in [1.807, 2.05) is 0 Å². The number of hydrogen-bond acceptors (Lipinski definition) is 3. The molecule has 0 spiro atoms. The highest BCUT2D eigenvalue weighted by Crippen LogP contribution is 2.11. The van der Waals surface area contributed by atoms with Gasteiger partial charge >= 0.3 is 7.12 Å². The van der Waals surface area contributed by atoms with Gasteiger partial charge in [-0.3, -0.25) is 0 Å². The predicted octanol–water partition coefficient (Wildman–Crippen LogP) is 1.22. The molecule has 0 saturated heterocycles. The van der Waals surface area contributed by atoms with Gasteiger partial charge in [-0.1, -0.05) is 44.4 Å². The van der Waals surface area contributed by atoms with Crippen LogP contribution >= 0.6 is 0 Å². The molecule has 0 atom stereocenters. The third-order valence-corrected chi connectivity index (χ3v) is 2.01. The maximum Gasteiger partial charge on any atom is 0.488 e. The van der Waals surface area contributed by atoms with Gasteiger partial charge < -0.3 is 15.4 Å². The van der Waals surface area contributed by atoms with Gasteiger partial charge in [0, 0.05) is 6.54 Å². The summed E-state index contributed by atoms with van der Waals surface area (Å²) in [5.74, 6) is 0. The SMILES string of the molecule is C=C/C=C(B(O)O)\C(=C/C=C)CNCCC. The summed E-state index contributed by atoms with van der Waals surface area (Å²) in [6.07, 6.45) is 7.54. The highest BCUT2D eigenvalue weighted by molar-refractivity contribution is 6.52. The topological polar surface area (TPSA) is 52.5 Å². The largest absolute Gasteiger partial charge is 0.488 e. The lowest BCUT2D eigenvalue weighted by Gasteiger charge is -2.11. The monoisotopic (exact) mass is 221 g/mol. The Morgan fingerprint density at radius 1 is 1.25 bits per heavy atom. The first-order valence-electron chi connectivity index (χ1n) is 5.38. The Labute approximate surface area is 98.0 Å². The third-order valence-electron chi connectivity index (χ3n) is 2.01. The summed E-state index contributed by atoms with van der Waals surface area (Å²) in [4.78, 5) is 0. The van der Waals surface area contributed by atoms with Crippen molar-refractivity contribution >= 4 is 7.12 Å². The zero-order valence-corrected chi connectivity index (χ0v) is 9.82.